The maximum absolute atomic E-state index is 13.1. The molecule has 4 aromatic rings. The van der Waals surface area contributed by atoms with Crippen LogP contribution >= 0.6 is 0 Å². The fraction of sp³-hybridized carbons (Fsp3) is 0.333. The number of pyridine rings is 2. The minimum atomic E-state index is 0.0553. The molecule has 3 aromatic heterocycles. The summed E-state index contributed by atoms with van der Waals surface area (Å²) in [7, 11) is 1.91. The molecule has 34 heavy (non-hydrogen) atoms. The number of benzene rings is 1. The molecule has 0 saturated carbocycles. The van der Waals surface area contributed by atoms with Crippen LogP contribution in [0.3, 0.4) is 0 Å². The molecule has 1 aromatic carbocycles. The number of Topliss-reactive ketones (excluding diaryl/α,β-unsaturated/α-hetero) is 1. The summed E-state index contributed by atoms with van der Waals surface area (Å²) in [4.78, 5) is 26.9. The average molecular weight is 455 g/mol. The van der Waals surface area contributed by atoms with Crippen LogP contribution in [0.5, 0.6) is 0 Å². The van der Waals surface area contributed by atoms with Crippen LogP contribution in [0.4, 0.5) is 5.82 Å². The first kappa shape index (κ1) is 22.2. The number of carbonyl (C=O) groups is 1. The number of rotatable bonds is 6. The van der Waals surface area contributed by atoms with E-state index in [0.717, 1.165) is 59.6 Å². The van der Waals surface area contributed by atoms with Crippen molar-refractivity contribution in [1.29, 1.82) is 0 Å². The Morgan fingerprint density at radius 2 is 1.76 bits per heavy atom. The molecular weight excluding hydrogens is 424 g/mol. The smallest absolute Gasteiger partial charge is 0.169 e. The summed E-state index contributed by atoms with van der Waals surface area (Å²) in [5.74, 6) is 0.932. The molecule has 1 aliphatic rings. The SMILES string of the molecule is CC(C)N1CCN(c2cc(C(=O)Cc3cc4cc(-c5cnn(C)c5)ccc4cn3)ccn2)CC1. The summed E-state index contributed by atoms with van der Waals surface area (Å²) in [6.45, 7) is 8.34. The van der Waals surface area contributed by atoms with Crippen molar-refractivity contribution in [3.05, 3.63) is 72.4 Å². The Balaban J connectivity index is 1.32. The Morgan fingerprint density at radius 1 is 0.941 bits per heavy atom. The summed E-state index contributed by atoms with van der Waals surface area (Å²) in [6, 6.07) is 12.6. The van der Waals surface area contributed by atoms with E-state index in [9.17, 15) is 4.79 Å². The fourth-order valence-corrected chi connectivity index (χ4v) is 4.53. The largest absolute Gasteiger partial charge is 0.354 e. The van der Waals surface area contributed by atoms with Crippen molar-refractivity contribution in [2.24, 2.45) is 7.05 Å². The molecule has 174 valence electrons. The lowest BCUT2D eigenvalue weighted by Crippen LogP contribution is -2.49. The van der Waals surface area contributed by atoms with Gasteiger partial charge in [-0.1, -0.05) is 12.1 Å². The van der Waals surface area contributed by atoms with E-state index in [0.29, 0.717) is 11.6 Å². The van der Waals surface area contributed by atoms with E-state index in [1.54, 1.807) is 16.9 Å². The maximum atomic E-state index is 13.1. The Hall–Kier alpha value is -3.58. The molecule has 7 nitrogen and oxygen atoms in total. The van der Waals surface area contributed by atoms with Gasteiger partial charge in [-0.2, -0.15) is 5.10 Å². The molecule has 4 heterocycles. The van der Waals surface area contributed by atoms with Gasteiger partial charge in [-0.15, -0.1) is 0 Å². The second-order valence-corrected chi connectivity index (χ2v) is 9.26. The summed E-state index contributed by atoms with van der Waals surface area (Å²) in [6.07, 6.45) is 7.70. The number of hydrogen-bond acceptors (Lipinski definition) is 6. The topological polar surface area (TPSA) is 67.2 Å². The molecule has 0 aliphatic carbocycles. The van der Waals surface area contributed by atoms with Crippen LogP contribution in [0, 0.1) is 0 Å². The third-order valence-corrected chi connectivity index (χ3v) is 6.59. The van der Waals surface area contributed by atoms with Crippen LogP contribution < -0.4 is 4.90 Å². The number of fused-ring (bicyclic) bond motifs is 1. The highest BCUT2D eigenvalue weighted by Gasteiger charge is 2.20. The van der Waals surface area contributed by atoms with Gasteiger partial charge in [-0.05, 0) is 49.1 Å². The van der Waals surface area contributed by atoms with Crippen LogP contribution in [0.1, 0.15) is 29.9 Å². The molecule has 7 heteroatoms. The Bertz CT molecular complexity index is 1320. The van der Waals surface area contributed by atoms with Gasteiger partial charge < -0.3 is 4.90 Å². The first-order valence-corrected chi connectivity index (χ1v) is 11.8. The monoisotopic (exact) mass is 454 g/mol. The lowest BCUT2D eigenvalue weighted by molar-refractivity contribution is 0.0992. The van der Waals surface area contributed by atoms with Crippen LogP contribution in [-0.2, 0) is 13.5 Å². The van der Waals surface area contributed by atoms with Gasteiger partial charge in [0.2, 0.25) is 0 Å². The quantitative estimate of drug-likeness (QED) is 0.411. The second-order valence-electron chi connectivity index (χ2n) is 9.26. The highest BCUT2D eigenvalue weighted by atomic mass is 16.1. The number of anilines is 1. The van der Waals surface area contributed by atoms with Gasteiger partial charge in [-0.25, -0.2) is 4.98 Å². The number of nitrogens with zero attached hydrogens (tertiary/aromatic N) is 6. The highest BCUT2D eigenvalue weighted by Crippen LogP contribution is 2.25. The van der Waals surface area contributed by atoms with E-state index >= 15 is 0 Å². The molecule has 0 radical (unpaired) electrons. The van der Waals surface area contributed by atoms with E-state index in [1.165, 1.54) is 0 Å². The van der Waals surface area contributed by atoms with E-state index < -0.39 is 0 Å². The molecule has 0 amide bonds. The number of aromatic nitrogens is 4. The molecule has 0 N–H and O–H groups in total. The first-order chi connectivity index (χ1) is 16.5. The normalized spacial score (nSPS) is 14.8. The first-order valence-electron chi connectivity index (χ1n) is 11.8. The predicted molar refractivity (Wildman–Crippen MR) is 135 cm³/mol. The van der Waals surface area contributed by atoms with E-state index in [2.05, 4.69) is 56.9 Å². The van der Waals surface area contributed by atoms with E-state index in [-0.39, 0.29) is 12.2 Å². The minimum Gasteiger partial charge on any atom is -0.354 e. The van der Waals surface area contributed by atoms with E-state index in [4.69, 9.17) is 0 Å². The molecule has 5 rings (SSSR count). The molecule has 1 fully saturated rings. The van der Waals surface area contributed by atoms with Crippen molar-refractivity contribution in [2.45, 2.75) is 26.3 Å². The van der Waals surface area contributed by atoms with Gasteiger partial charge in [0.15, 0.2) is 5.78 Å². The molecule has 0 atom stereocenters. The van der Waals surface area contributed by atoms with Gasteiger partial charge >= 0.3 is 0 Å². The Morgan fingerprint density at radius 3 is 2.50 bits per heavy atom. The zero-order valence-corrected chi connectivity index (χ0v) is 20.0. The minimum absolute atomic E-state index is 0.0553. The predicted octanol–water partition coefficient (Wildman–Crippen LogP) is 3.99. The zero-order valence-electron chi connectivity index (χ0n) is 20.0. The summed E-state index contributed by atoms with van der Waals surface area (Å²) in [5, 5.41) is 6.38. The van der Waals surface area contributed by atoms with Gasteiger partial charge in [0.05, 0.1) is 12.6 Å². The third kappa shape index (κ3) is 4.70. The van der Waals surface area contributed by atoms with Crippen molar-refractivity contribution in [1.82, 2.24) is 24.6 Å². The maximum Gasteiger partial charge on any atom is 0.169 e. The van der Waals surface area contributed by atoms with Crippen LogP contribution in [0.25, 0.3) is 21.9 Å². The average Bonchev–Trinajstić information content (AvgIpc) is 3.30. The number of aryl methyl sites for hydroxylation is 1. The molecular formula is C27H30N6O. The van der Waals surface area contributed by atoms with Gasteiger partial charge in [-0.3, -0.25) is 19.4 Å². The van der Waals surface area contributed by atoms with Gasteiger partial charge in [0.25, 0.3) is 0 Å². The van der Waals surface area contributed by atoms with E-state index in [1.807, 2.05) is 37.8 Å². The fourth-order valence-electron chi connectivity index (χ4n) is 4.53. The summed E-state index contributed by atoms with van der Waals surface area (Å²) in [5.41, 5.74) is 3.62. The highest BCUT2D eigenvalue weighted by molar-refractivity contribution is 5.98. The Kier molecular flexibility index (Phi) is 6.11. The molecule has 1 saturated heterocycles. The van der Waals surface area contributed by atoms with Crippen molar-refractivity contribution in [3.8, 4) is 11.1 Å². The van der Waals surface area contributed by atoms with Crippen molar-refractivity contribution < 1.29 is 4.79 Å². The Labute approximate surface area is 200 Å². The molecule has 0 spiro atoms. The number of ketones is 1. The van der Waals surface area contributed by atoms with Crippen molar-refractivity contribution in [3.63, 3.8) is 0 Å². The van der Waals surface area contributed by atoms with Crippen LogP contribution in [-0.4, -0.2) is 62.7 Å². The zero-order chi connectivity index (χ0) is 23.7. The van der Waals surface area contributed by atoms with Crippen molar-refractivity contribution >= 4 is 22.4 Å². The summed E-state index contributed by atoms with van der Waals surface area (Å²) < 4.78 is 1.80. The lowest BCUT2D eigenvalue weighted by atomic mass is 10.0. The third-order valence-electron chi connectivity index (χ3n) is 6.59. The van der Waals surface area contributed by atoms with Crippen LogP contribution in [0.15, 0.2) is 61.2 Å². The van der Waals surface area contributed by atoms with Gasteiger partial charge in [0.1, 0.15) is 5.82 Å². The van der Waals surface area contributed by atoms with Crippen LogP contribution in [0.2, 0.25) is 0 Å². The number of hydrogen-bond donors (Lipinski definition) is 0. The molecule has 1 aliphatic heterocycles. The lowest BCUT2D eigenvalue weighted by Gasteiger charge is -2.37. The van der Waals surface area contributed by atoms with Crippen molar-refractivity contribution in [2.75, 3.05) is 31.1 Å². The number of piperazine rings is 1. The summed E-state index contributed by atoms with van der Waals surface area (Å²) >= 11 is 0. The standard InChI is InChI=1S/C27H30N6O/c1-19(2)32-8-10-33(11-9-32)27-14-21(6-7-28-27)26(34)15-25-13-23-12-20(4-5-22(23)16-29-25)24-17-30-31(3)18-24/h4-7,12-14,16-19H,8-11,15H2,1-3H3. The number of carbonyl (C=O) groups excluding carboxylic acids is 1. The molecule has 0 bridgehead atoms. The second kappa shape index (κ2) is 9.35. The van der Waals surface area contributed by atoms with Gasteiger partial charge in [0, 0.05) is 80.1 Å². The molecule has 0 unspecified atom stereocenters.